The fourth-order valence-electron chi connectivity index (χ4n) is 3.27. The molecule has 176 valence electrons. The molecule has 0 unspecified atom stereocenters. The molecule has 4 amide bonds. The smallest absolute Gasteiger partial charge is 0.335 e. The number of nitrogens with one attached hydrogen (secondary N) is 1. The Hall–Kier alpha value is -4.02. The van der Waals surface area contributed by atoms with E-state index in [2.05, 4.69) is 21.2 Å². The van der Waals surface area contributed by atoms with Gasteiger partial charge in [0.15, 0.2) is 0 Å². The summed E-state index contributed by atoms with van der Waals surface area (Å²) < 4.78 is 6.32. The van der Waals surface area contributed by atoms with Crippen LogP contribution in [0.1, 0.15) is 11.1 Å². The summed E-state index contributed by atoms with van der Waals surface area (Å²) in [5, 5.41) is 13.3. The number of halogens is 2. The van der Waals surface area contributed by atoms with Crippen LogP contribution < -0.4 is 15.0 Å². The van der Waals surface area contributed by atoms with Gasteiger partial charge >= 0.3 is 6.03 Å². The topological polar surface area (TPSA) is 119 Å². The fraction of sp³-hybridized carbons (Fsp3) is 0.0417. The molecule has 1 heterocycles. The number of amides is 4. The van der Waals surface area contributed by atoms with E-state index in [4.69, 9.17) is 16.3 Å². The maximum atomic E-state index is 13.0. The molecule has 1 aliphatic heterocycles. The van der Waals surface area contributed by atoms with Gasteiger partial charge < -0.3 is 4.74 Å². The predicted octanol–water partition coefficient (Wildman–Crippen LogP) is 5.26. The lowest BCUT2D eigenvalue weighted by Gasteiger charge is -2.26. The van der Waals surface area contributed by atoms with E-state index >= 15 is 0 Å². The van der Waals surface area contributed by atoms with Crippen LogP contribution in [-0.4, -0.2) is 22.8 Å². The Morgan fingerprint density at radius 3 is 2.46 bits per heavy atom. The van der Waals surface area contributed by atoms with E-state index < -0.39 is 22.8 Å². The molecule has 1 N–H and O–H groups in total. The lowest BCUT2D eigenvalue weighted by Crippen LogP contribution is -2.54. The number of ether oxygens (including phenoxy) is 1. The van der Waals surface area contributed by atoms with Crippen molar-refractivity contribution in [2.75, 3.05) is 4.90 Å². The van der Waals surface area contributed by atoms with E-state index in [9.17, 15) is 24.5 Å². The van der Waals surface area contributed by atoms with Crippen molar-refractivity contribution in [3.8, 4) is 5.75 Å². The zero-order valence-corrected chi connectivity index (χ0v) is 20.1. The number of imide groups is 2. The van der Waals surface area contributed by atoms with Crippen molar-refractivity contribution in [2.24, 2.45) is 0 Å². The number of rotatable bonds is 6. The van der Waals surface area contributed by atoms with Crippen LogP contribution in [0.2, 0.25) is 5.02 Å². The second-order valence-corrected chi connectivity index (χ2v) is 8.63. The Labute approximate surface area is 212 Å². The van der Waals surface area contributed by atoms with Crippen molar-refractivity contribution >= 4 is 62.8 Å². The molecule has 0 spiro atoms. The lowest BCUT2D eigenvalue weighted by molar-refractivity contribution is -0.384. The molecule has 1 fully saturated rings. The number of anilines is 1. The van der Waals surface area contributed by atoms with E-state index in [0.29, 0.717) is 20.8 Å². The quantitative estimate of drug-likeness (QED) is 0.192. The first-order chi connectivity index (χ1) is 16.7. The van der Waals surface area contributed by atoms with Crippen LogP contribution in [0.4, 0.5) is 16.2 Å². The Morgan fingerprint density at radius 2 is 1.80 bits per heavy atom. The maximum absolute atomic E-state index is 13.0. The normalized spacial score (nSPS) is 14.7. The van der Waals surface area contributed by atoms with Gasteiger partial charge in [0.2, 0.25) is 0 Å². The van der Waals surface area contributed by atoms with Crippen LogP contribution >= 0.6 is 27.5 Å². The summed E-state index contributed by atoms with van der Waals surface area (Å²) in [6.45, 7) is 0.175. The molecule has 35 heavy (non-hydrogen) atoms. The summed E-state index contributed by atoms with van der Waals surface area (Å²) in [6, 6.07) is 16.2. The third-order valence-electron chi connectivity index (χ3n) is 4.98. The number of nitrogens with zero attached hydrogens (tertiary/aromatic N) is 2. The largest absolute Gasteiger partial charge is 0.488 e. The van der Waals surface area contributed by atoms with Gasteiger partial charge in [-0.05, 0) is 75.6 Å². The number of hydrogen-bond acceptors (Lipinski definition) is 6. The molecule has 0 atom stereocenters. The standard InChI is InChI=1S/C24H15BrClN3O6/c25-20-11-15(6-9-21(20)35-13-14-4-7-17(8-5-14)29(33)34)10-19-22(30)27-24(32)28(23(19)31)18-3-1-2-16(26)12-18/h1-12H,13H2,(H,27,30,32)/b19-10+. The van der Waals surface area contributed by atoms with Gasteiger partial charge in [0, 0.05) is 17.2 Å². The van der Waals surface area contributed by atoms with E-state index in [0.717, 1.165) is 10.5 Å². The first-order valence-corrected chi connectivity index (χ1v) is 11.2. The average molecular weight is 557 g/mol. The highest BCUT2D eigenvalue weighted by Crippen LogP contribution is 2.29. The molecule has 0 aromatic heterocycles. The fourth-order valence-corrected chi connectivity index (χ4v) is 3.97. The van der Waals surface area contributed by atoms with Crippen LogP contribution in [-0.2, 0) is 16.2 Å². The van der Waals surface area contributed by atoms with Gasteiger partial charge in [0.05, 0.1) is 15.1 Å². The molecular weight excluding hydrogens is 542 g/mol. The molecule has 11 heteroatoms. The zero-order valence-electron chi connectivity index (χ0n) is 17.7. The highest BCUT2D eigenvalue weighted by atomic mass is 79.9. The first kappa shape index (κ1) is 24.1. The summed E-state index contributed by atoms with van der Waals surface area (Å²) >= 11 is 9.38. The first-order valence-electron chi connectivity index (χ1n) is 10.1. The Kier molecular flexibility index (Phi) is 6.94. The SMILES string of the molecule is O=C1NC(=O)N(c2cccc(Cl)c2)C(=O)/C1=C/c1ccc(OCc2ccc([N+](=O)[O-])cc2)c(Br)c1. The number of urea groups is 1. The third kappa shape index (κ3) is 5.39. The molecular formula is C24H15BrClN3O6. The summed E-state index contributed by atoms with van der Waals surface area (Å²) in [5.41, 5.74) is 1.25. The summed E-state index contributed by atoms with van der Waals surface area (Å²) in [4.78, 5) is 48.8. The average Bonchev–Trinajstić information content (AvgIpc) is 2.81. The number of carbonyl (C=O) groups is 3. The van der Waals surface area contributed by atoms with E-state index in [-0.39, 0.29) is 23.6 Å². The van der Waals surface area contributed by atoms with Crippen LogP contribution in [0, 0.1) is 10.1 Å². The summed E-state index contributed by atoms with van der Waals surface area (Å²) in [6.07, 6.45) is 1.37. The number of barbiturate groups is 1. The number of non-ortho nitro benzene ring substituents is 1. The molecule has 0 saturated carbocycles. The highest BCUT2D eigenvalue weighted by molar-refractivity contribution is 9.10. The van der Waals surface area contributed by atoms with Gasteiger partial charge in [-0.25, -0.2) is 9.69 Å². The van der Waals surface area contributed by atoms with Crippen LogP contribution in [0.5, 0.6) is 5.75 Å². The molecule has 3 aromatic rings. The molecule has 1 saturated heterocycles. The minimum Gasteiger partial charge on any atom is -0.488 e. The van der Waals surface area contributed by atoms with Crippen LogP contribution in [0.25, 0.3) is 6.08 Å². The van der Waals surface area contributed by atoms with Crippen LogP contribution in [0.3, 0.4) is 0 Å². The Bertz CT molecular complexity index is 1390. The third-order valence-corrected chi connectivity index (χ3v) is 5.83. The van der Waals surface area contributed by atoms with Gasteiger partial charge in [-0.3, -0.25) is 25.0 Å². The number of nitro groups is 1. The monoisotopic (exact) mass is 555 g/mol. The second-order valence-electron chi connectivity index (χ2n) is 7.34. The number of hydrogen-bond donors (Lipinski definition) is 1. The Balaban J connectivity index is 1.53. The molecule has 0 radical (unpaired) electrons. The Morgan fingerprint density at radius 1 is 1.06 bits per heavy atom. The van der Waals surface area contributed by atoms with Gasteiger partial charge in [-0.1, -0.05) is 23.7 Å². The van der Waals surface area contributed by atoms with Gasteiger partial charge in [0.1, 0.15) is 17.9 Å². The summed E-state index contributed by atoms with van der Waals surface area (Å²) in [7, 11) is 0. The number of carbonyl (C=O) groups excluding carboxylic acids is 3. The van der Waals surface area contributed by atoms with Crippen molar-refractivity contribution in [3.05, 3.63) is 103 Å². The predicted molar refractivity (Wildman–Crippen MR) is 132 cm³/mol. The van der Waals surface area contributed by atoms with E-state index in [1.807, 2.05) is 0 Å². The minimum atomic E-state index is -0.865. The van der Waals surface area contributed by atoms with Crippen molar-refractivity contribution in [2.45, 2.75) is 6.61 Å². The van der Waals surface area contributed by atoms with E-state index in [1.54, 1.807) is 42.5 Å². The molecule has 4 rings (SSSR count). The minimum absolute atomic E-state index is 0.00996. The summed E-state index contributed by atoms with van der Waals surface area (Å²) in [5.74, 6) is -1.11. The second kappa shape index (κ2) is 10.1. The number of benzene rings is 3. The lowest BCUT2D eigenvalue weighted by atomic mass is 10.1. The van der Waals surface area contributed by atoms with Crippen molar-refractivity contribution in [1.29, 1.82) is 0 Å². The molecule has 3 aromatic carbocycles. The van der Waals surface area contributed by atoms with Crippen molar-refractivity contribution in [3.63, 3.8) is 0 Å². The van der Waals surface area contributed by atoms with Crippen LogP contribution in [0.15, 0.2) is 76.8 Å². The van der Waals surface area contributed by atoms with Gasteiger partial charge in [-0.15, -0.1) is 0 Å². The highest BCUT2D eigenvalue weighted by Gasteiger charge is 2.36. The molecule has 9 nitrogen and oxygen atoms in total. The van der Waals surface area contributed by atoms with E-state index in [1.165, 1.54) is 30.3 Å². The van der Waals surface area contributed by atoms with Gasteiger partial charge in [-0.2, -0.15) is 0 Å². The molecule has 0 aliphatic carbocycles. The number of nitro benzene ring substituents is 1. The molecule has 0 bridgehead atoms. The van der Waals surface area contributed by atoms with Gasteiger partial charge in [0.25, 0.3) is 17.5 Å². The van der Waals surface area contributed by atoms with Crippen molar-refractivity contribution in [1.82, 2.24) is 5.32 Å². The zero-order chi connectivity index (χ0) is 25.1. The maximum Gasteiger partial charge on any atom is 0.335 e. The molecule has 1 aliphatic rings. The van der Waals surface area contributed by atoms with Crippen molar-refractivity contribution < 1.29 is 24.0 Å².